The lowest BCUT2D eigenvalue weighted by Gasteiger charge is -1.92. The Kier molecular flexibility index (Phi) is 6.20. The minimum atomic E-state index is 0.460. The van der Waals surface area contributed by atoms with Crippen LogP contribution in [0.5, 0.6) is 0 Å². The van der Waals surface area contributed by atoms with E-state index in [9.17, 15) is 4.91 Å². The van der Waals surface area contributed by atoms with Gasteiger partial charge in [0.15, 0.2) is 0 Å². The minimum Gasteiger partial charge on any atom is -0.320 e. The molecule has 0 aromatic rings. The molecule has 0 aliphatic carbocycles. The molecule has 0 atom stereocenters. The number of nitrogens with one attached hydrogen (secondary N) is 1. The fraction of sp³-hybridized carbons (Fsp3) is 1.00. The lowest BCUT2D eigenvalue weighted by Crippen LogP contribution is -2.07. The molecule has 1 N–H and O–H groups in total. The van der Waals surface area contributed by atoms with Gasteiger partial charge < -0.3 is 5.32 Å². The topological polar surface area (TPSA) is 41.5 Å². The maximum atomic E-state index is 9.50. The van der Waals surface area contributed by atoms with E-state index in [-0.39, 0.29) is 0 Å². The summed E-state index contributed by atoms with van der Waals surface area (Å²) in [5.41, 5.74) is 0. The Morgan fingerprint density at radius 2 is 2.25 bits per heavy atom. The number of nitrogens with zero attached hydrogens (tertiary/aromatic N) is 1. The van der Waals surface area contributed by atoms with Crippen LogP contribution in [-0.4, -0.2) is 20.1 Å². The van der Waals surface area contributed by atoms with Gasteiger partial charge in [0.05, 0.1) is 6.54 Å². The highest BCUT2D eigenvalue weighted by Crippen LogP contribution is 1.85. The van der Waals surface area contributed by atoms with Crippen LogP contribution in [0.2, 0.25) is 0 Å². The molecule has 0 heterocycles. The van der Waals surface area contributed by atoms with E-state index in [2.05, 4.69) is 10.5 Å². The van der Waals surface area contributed by atoms with Gasteiger partial charge in [-0.1, -0.05) is 5.18 Å². The number of hydrogen-bond donors (Lipinski definition) is 1. The van der Waals surface area contributed by atoms with Crippen LogP contribution in [0.1, 0.15) is 12.8 Å². The van der Waals surface area contributed by atoms with Gasteiger partial charge in [0.25, 0.3) is 0 Å². The van der Waals surface area contributed by atoms with E-state index in [1.165, 1.54) is 0 Å². The van der Waals surface area contributed by atoms with Crippen molar-refractivity contribution in [2.24, 2.45) is 5.18 Å². The summed E-state index contributed by atoms with van der Waals surface area (Å²) in [5.74, 6) is 0. The van der Waals surface area contributed by atoms with Crippen molar-refractivity contribution in [2.75, 3.05) is 20.1 Å². The Hall–Kier alpha value is -0.440. The van der Waals surface area contributed by atoms with Gasteiger partial charge in [-0.2, -0.15) is 4.91 Å². The Morgan fingerprint density at radius 3 is 2.75 bits per heavy atom. The summed E-state index contributed by atoms with van der Waals surface area (Å²) in [6, 6.07) is 0. The monoisotopic (exact) mass is 116 g/mol. The van der Waals surface area contributed by atoms with Crippen molar-refractivity contribution < 1.29 is 0 Å². The molecule has 0 saturated heterocycles. The van der Waals surface area contributed by atoms with Gasteiger partial charge in [-0.25, -0.2) is 0 Å². The van der Waals surface area contributed by atoms with Crippen LogP contribution in [0.15, 0.2) is 5.18 Å². The highest BCUT2D eigenvalue weighted by Gasteiger charge is 1.83. The number of nitroso groups, excluding NO2 is 1. The van der Waals surface area contributed by atoms with Crippen LogP contribution in [0.4, 0.5) is 0 Å². The summed E-state index contributed by atoms with van der Waals surface area (Å²) in [4.78, 5) is 9.50. The van der Waals surface area contributed by atoms with Gasteiger partial charge >= 0.3 is 0 Å². The van der Waals surface area contributed by atoms with Crippen LogP contribution in [0.3, 0.4) is 0 Å². The number of hydrogen-bond acceptors (Lipinski definition) is 3. The fourth-order valence-corrected chi connectivity index (χ4v) is 0.478. The van der Waals surface area contributed by atoms with E-state index in [0.717, 1.165) is 19.4 Å². The summed E-state index contributed by atoms with van der Waals surface area (Å²) in [7, 11) is 1.90. The molecular weight excluding hydrogens is 104 g/mol. The predicted molar refractivity (Wildman–Crippen MR) is 33.8 cm³/mol. The molecule has 48 valence electrons. The zero-order chi connectivity index (χ0) is 6.24. The molecule has 3 heteroatoms. The molecule has 0 fully saturated rings. The highest BCUT2D eigenvalue weighted by molar-refractivity contribution is 4.45. The molecule has 3 nitrogen and oxygen atoms in total. The molecule has 0 unspecified atom stereocenters. The second-order valence-electron chi connectivity index (χ2n) is 1.66. The third-order valence-corrected chi connectivity index (χ3v) is 0.926. The molecular formula is C5H12N2O. The Labute approximate surface area is 49.4 Å². The third-order valence-electron chi connectivity index (χ3n) is 0.926. The van der Waals surface area contributed by atoms with Crippen LogP contribution in [-0.2, 0) is 0 Å². The molecule has 0 aliphatic heterocycles. The standard InChI is InChI=1S/C5H12N2O/c1-6-4-2-3-5-7-8/h6H,2-5H2,1H3. The van der Waals surface area contributed by atoms with Gasteiger partial charge in [0.1, 0.15) is 0 Å². The number of unbranched alkanes of at least 4 members (excludes halogenated alkanes) is 1. The van der Waals surface area contributed by atoms with E-state index >= 15 is 0 Å². The first-order chi connectivity index (χ1) is 3.91. The van der Waals surface area contributed by atoms with Crippen molar-refractivity contribution in [3.05, 3.63) is 4.91 Å². The summed E-state index contributed by atoms with van der Waals surface area (Å²) >= 11 is 0. The number of rotatable bonds is 5. The van der Waals surface area contributed by atoms with Crippen molar-refractivity contribution in [3.8, 4) is 0 Å². The molecule has 0 saturated carbocycles. The summed E-state index contributed by atoms with van der Waals surface area (Å²) in [5, 5.41) is 5.71. The third kappa shape index (κ3) is 5.56. The van der Waals surface area contributed by atoms with E-state index in [4.69, 9.17) is 0 Å². The van der Waals surface area contributed by atoms with Crippen LogP contribution in [0.25, 0.3) is 0 Å². The smallest absolute Gasteiger partial charge is 0.0811 e. The Balaban J connectivity index is 2.62. The molecule has 0 radical (unpaired) electrons. The van der Waals surface area contributed by atoms with Gasteiger partial charge in [0.2, 0.25) is 0 Å². The maximum Gasteiger partial charge on any atom is 0.0811 e. The summed E-state index contributed by atoms with van der Waals surface area (Å²) in [6.07, 6.45) is 1.95. The zero-order valence-corrected chi connectivity index (χ0v) is 5.18. The van der Waals surface area contributed by atoms with E-state index < -0.39 is 0 Å². The molecule has 0 rings (SSSR count). The fourth-order valence-electron chi connectivity index (χ4n) is 0.478. The first-order valence-corrected chi connectivity index (χ1v) is 2.85. The lowest BCUT2D eigenvalue weighted by molar-refractivity contribution is 0.683. The molecule has 8 heavy (non-hydrogen) atoms. The Morgan fingerprint density at radius 1 is 1.50 bits per heavy atom. The van der Waals surface area contributed by atoms with Crippen molar-refractivity contribution in [2.45, 2.75) is 12.8 Å². The van der Waals surface area contributed by atoms with Gasteiger partial charge in [-0.3, -0.25) is 0 Å². The van der Waals surface area contributed by atoms with E-state index in [1.54, 1.807) is 0 Å². The van der Waals surface area contributed by atoms with E-state index in [0.29, 0.717) is 6.54 Å². The van der Waals surface area contributed by atoms with Crippen molar-refractivity contribution >= 4 is 0 Å². The van der Waals surface area contributed by atoms with Crippen molar-refractivity contribution in [1.82, 2.24) is 5.32 Å². The second-order valence-corrected chi connectivity index (χ2v) is 1.66. The van der Waals surface area contributed by atoms with Crippen LogP contribution in [0, 0.1) is 4.91 Å². The van der Waals surface area contributed by atoms with Crippen molar-refractivity contribution in [1.29, 1.82) is 0 Å². The first-order valence-electron chi connectivity index (χ1n) is 2.85. The molecule has 0 aromatic heterocycles. The minimum absolute atomic E-state index is 0.460. The zero-order valence-electron chi connectivity index (χ0n) is 5.18. The van der Waals surface area contributed by atoms with Crippen LogP contribution < -0.4 is 5.32 Å². The largest absolute Gasteiger partial charge is 0.320 e. The van der Waals surface area contributed by atoms with Crippen molar-refractivity contribution in [3.63, 3.8) is 0 Å². The van der Waals surface area contributed by atoms with Gasteiger partial charge in [-0.05, 0) is 26.4 Å². The molecule has 0 bridgehead atoms. The normalized spacial score (nSPS) is 9.12. The second kappa shape index (κ2) is 6.56. The predicted octanol–water partition coefficient (Wildman–Crippen LogP) is 0.752. The molecule has 0 aliphatic rings. The summed E-state index contributed by atoms with van der Waals surface area (Å²) < 4.78 is 0. The Bertz CT molecular complexity index is 56.4. The van der Waals surface area contributed by atoms with Gasteiger partial charge in [0, 0.05) is 0 Å². The summed E-state index contributed by atoms with van der Waals surface area (Å²) in [6.45, 7) is 1.44. The van der Waals surface area contributed by atoms with E-state index in [1.807, 2.05) is 7.05 Å². The lowest BCUT2D eigenvalue weighted by atomic mass is 10.3. The first kappa shape index (κ1) is 7.56. The highest BCUT2D eigenvalue weighted by atomic mass is 16.3. The average Bonchev–Trinajstić information content (AvgIpc) is 1.81. The van der Waals surface area contributed by atoms with Crippen LogP contribution >= 0.6 is 0 Å². The molecule has 0 amide bonds. The quantitative estimate of drug-likeness (QED) is 0.425. The molecule has 0 aromatic carbocycles. The SMILES string of the molecule is CNCCCCN=O. The molecule has 0 spiro atoms. The maximum absolute atomic E-state index is 9.50. The van der Waals surface area contributed by atoms with Gasteiger partial charge in [-0.15, -0.1) is 0 Å². The average molecular weight is 116 g/mol.